The lowest BCUT2D eigenvalue weighted by atomic mass is 9.96. The zero-order valence-corrected chi connectivity index (χ0v) is 71.8. The number of carbonyl (C=O) groups excluding carboxylic acids is 3. The Bertz CT molecular complexity index is 5830. The number of likely N-dealkylation sites (tertiary alicyclic amines) is 3. The van der Waals surface area contributed by atoms with Crippen LogP contribution in [0.1, 0.15) is 82.9 Å². The number of piperazine rings is 3. The summed E-state index contributed by atoms with van der Waals surface area (Å²) in [6.07, 6.45) is 10.8. The van der Waals surface area contributed by atoms with Gasteiger partial charge < -0.3 is 29.4 Å². The van der Waals surface area contributed by atoms with Crippen molar-refractivity contribution < 1.29 is 40.7 Å². The van der Waals surface area contributed by atoms with Crippen LogP contribution in [0.15, 0.2) is 140 Å². The fourth-order valence-corrected chi connectivity index (χ4v) is 24.1. The van der Waals surface area contributed by atoms with E-state index < -0.39 is 34.9 Å². The van der Waals surface area contributed by atoms with E-state index in [0.29, 0.717) is 123 Å². The van der Waals surface area contributed by atoms with Gasteiger partial charge in [-0.2, -0.15) is 15.0 Å². The summed E-state index contributed by atoms with van der Waals surface area (Å²) in [5.74, 6) is -0.0741. The maximum atomic E-state index is 15.3. The first-order valence-corrected chi connectivity index (χ1v) is 44.9. The third-order valence-corrected chi connectivity index (χ3v) is 29.3. The topological polar surface area (TPSA) is 185 Å². The average Bonchev–Trinajstić information content (AvgIpc) is 1.73. The van der Waals surface area contributed by atoms with Crippen LogP contribution in [-0.4, -0.2) is 227 Å². The zero-order valence-electron chi connectivity index (χ0n) is 69.4. The highest BCUT2D eigenvalue weighted by molar-refractivity contribution is 8.00. The van der Waals surface area contributed by atoms with Gasteiger partial charge in [0.1, 0.15) is 52.4 Å². The van der Waals surface area contributed by atoms with Gasteiger partial charge in [0.05, 0.1) is 16.6 Å². The van der Waals surface area contributed by atoms with Crippen LogP contribution >= 0.6 is 35.3 Å². The smallest absolute Gasteiger partial charge is 0.350 e. The van der Waals surface area contributed by atoms with Crippen molar-refractivity contribution in [2.24, 2.45) is 0 Å². The van der Waals surface area contributed by atoms with Crippen molar-refractivity contribution in [1.82, 2.24) is 58.1 Å². The van der Waals surface area contributed by atoms with Gasteiger partial charge in [0, 0.05) is 214 Å². The van der Waals surface area contributed by atoms with E-state index >= 15 is 13.2 Å². The number of hydrogen-bond donors (Lipinski definition) is 0. The summed E-state index contributed by atoms with van der Waals surface area (Å²) < 4.78 is 92.6. The molecular formula is C91H101F6N15O6S3. The fraction of sp³-hybridized carbons (Fsp3) is 0.440. The van der Waals surface area contributed by atoms with Gasteiger partial charge in [-0.1, -0.05) is 19.7 Å². The van der Waals surface area contributed by atoms with Crippen molar-refractivity contribution >= 4 is 103 Å². The molecule has 6 aromatic carbocycles. The number of hydrogen-bond acceptors (Lipinski definition) is 18. The number of halogens is 6. The lowest BCUT2D eigenvalue weighted by Gasteiger charge is -2.44. The molecule has 0 aliphatic carbocycles. The van der Waals surface area contributed by atoms with Crippen LogP contribution in [0.2, 0.25) is 0 Å². The Morgan fingerprint density at radius 1 is 0.397 bits per heavy atom. The molecule has 0 saturated carbocycles. The SMILES string of the molecule is C=CC(=O)N1CCN(c2nc(=O)n3c4c(c(-c5ccc(F)cc5F)c(C)cc24)SCC(N2CCCC2)C3)CC1.C=CC(=O)N1C[C@H](C)N(c2nc(=O)n3c4c(c(-c5ccc(F)cc5F)c(C)cc24)SCC(N2CCCC2)C3)C[C@H]1C.C=CC(=O)N1[C@H](C)CN(c2nc(=O)n3c4c(c(-c5ccc(F)cc5F)c(C)cc24)SCC(N2CCCC2)C3)C[C@@H]1C. The van der Waals surface area contributed by atoms with Crippen molar-refractivity contribution in [2.45, 2.75) is 164 Å². The summed E-state index contributed by atoms with van der Waals surface area (Å²) in [4.78, 5) is 114. The normalized spacial score (nSPS) is 22.1. The number of thioether (sulfide) groups is 3. The van der Waals surface area contributed by atoms with E-state index in [1.54, 1.807) is 58.8 Å². The molecule has 21 nitrogen and oxygen atoms in total. The van der Waals surface area contributed by atoms with Crippen molar-refractivity contribution in [3.8, 4) is 33.4 Å². The Balaban J connectivity index is 0.000000135. The molecule has 9 aliphatic rings. The lowest BCUT2D eigenvalue weighted by Crippen LogP contribution is -2.58. The molecule has 6 saturated heterocycles. The van der Waals surface area contributed by atoms with E-state index in [1.807, 2.05) is 71.6 Å². The number of carbonyl (C=O) groups is 3. The van der Waals surface area contributed by atoms with Crippen LogP contribution in [0.25, 0.3) is 66.1 Å². The molecule has 0 N–H and O–H groups in total. The van der Waals surface area contributed by atoms with Crippen LogP contribution < -0.4 is 31.8 Å². The van der Waals surface area contributed by atoms with Crippen LogP contribution in [-0.2, 0) is 34.0 Å². The quantitative estimate of drug-likeness (QED) is 0.0830. The molecule has 9 aromatic rings. The summed E-state index contributed by atoms with van der Waals surface area (Å²) in [5.41, 5.74) is 6.81. The largest absolute Gasteiger partial charge is 0.352 e. The van der Waals surface area contributed by atoms with Gasteiger partial charge in [-0.05, 0) is 216 Å². The summed E-state index contributed by atoms with van der Waals surface area (Å²) in [7, 11) is 0. The van der Waals surface area contributed by atoms with Crippen molar-refractivity contribution in [2.75, 3.05) is 124 Å². The third kappa shape index (κ3) is 16.3. The molecule has 12 heterocycles. The number of aromatic nitrogens is 6. The molecule has 6 fully saturated rings. The maximum Gasteiger partial charge on any atom is 0.350 e. The Morgan fingerprint density at radius 3 is 1.10 bits per heavy atom. The molecule has 0 bridgehead atoms. The molecule has 3 aromatic heterocycles. The number of nitrogens with zero attached hydrogens (tertiary/aromatic N) is 15. The van der Waals surface area contributed by atoms with E-state index in [1.165, 1.54) is 54.6 Å². The third-order valence-electron chi connectivity index (χ3n) is 25.6. The van der Waals surface area contributed by atoms with Gasteiger partial charge in [-0.15, -0.1) is 35.3 Å². The van der Waals surface area contributed by atoms with E-state index in [2.05, 4.69) is 64.1 Å². The summed E-state index contributed by atoms with van der Waals surface area (Å²) in [6.45, 7) is 36.3. The lowest BCUT2D eigenvalue weighted by molar-refractivity contribution is -0.131. The predicted octanol–water partition coefficient (Wildman–Crippen LogP) is 13.7. The molecule has 18 rings (SSSR count). The van der Waals surface area contributed by atoms with Crippen molar-refractivity contribution in [3.05, 3.63) is 194 Å². The van der Waals surface area contributed by atoms with Gasteiger partial charge in [0.25, 0.3) is 0 Å². The summed E-state index contributed by atoms with van der Waals surface area (Å²) in [5, 5.41) is 2.51. The van der Waals surface area contributed by atoms with Gasteiger partial charge >= 0.3 is 17.1 Å². The number of aryl methyl sites for hydroxylation is 3. The maximum absolute atomic E-state index is 15.3. The standard InChI is InChI=1S/2C31H35F2N5O2S.C29H31F2N5O2S/c1-5-26(39)36-14-20(4)37(15-19(36)3)30-24-12-18(2)27(23-9-8-21(32)13-25(23)33)29-28(24)38(31(40)34-30)16-22(17-41-29)35-10-6-7-11-35;1-5-26(39)38-19(3)14-36(15-20(38)4)30-24-12-18(2)27(23-9-8-21(32)13-25(23)33)29-28(24)37(31(40)34-30)16-22(17-41-29)35-10-6-7-11-35;1-3-24(37)34-10-12-35(13-11-34)28-22-14-18(2)25(21-7-6-19(30)15-23(21)31)27-26(22)36(29(38)32-28)16-20(17-39-27)33-8-4-5-9-33/h2*5,8-9,12-13,19-20,22H,1,6-7,10-11,14-17H2,2-4H3;3,6-7,14-15,20H,1,4-5,8-13,16-17H2,2H3/t2*19-,20+,22?;/m1../s1. The molecule has 7 atom stereocenters. The molecule has 636 valence electrons. The minimum atomic E-state index is -0.627. The molecule has 121 heavy (non-hydrogen) atoms. The first-order valence-electron chi connectivity index (χ1n) is 42.0. The summed E-state index contributed by atoms with van der Waals surface area (Å²) >= 11 is 4.94. The van der Waals surface area contributed by atoms with E-state index in [0.717, 1.165) is 177 Å². The number of benzene rings is 6. The molecule has 3 unspecified atom stereocenters. The monoisotopic (exact) mass is 1710 g/mol. The fourth-order valence-electron chi connectivity index (χ4n) is 19.7. The van der Waals surface area contributed by atoms with Crippen LogP contribution in [0, 0.1) is 55.7 Å². The van der Waals surface area contributed by atoms with Gasteiger partial charge in [-0.3, -0.25) is 42.8 Å². The average molecular weight is 1710 g/mol. The second-order valence-electron chi connectivity index (χ2n) is 33.5. The Kier molecular flexibility index (Phi) is 24.7. The molecule has 0 spiro atoms. The molecule has 3 amide bonds. The van der Waals surface area contributed by atoms with E-state index in [-0.39, 0.29) is 77.1 Å². The molecule has 0 radical (unpaired) electrons. The Hall–Kier alpha value is -9.72. The van der Waals surface area contributed by atoms with Crippen molar-refractivity contribution in [3.63, 3.8) is 0 Å². The number of amides is 3. The van der Waals surface area contributed by atoms with E-state index in [9.17, 15) is 41.9 Å². The van der Waals surface area contributed by atoms with Crippen LogP contribution in [0.4, 0.5) is 43.8 Å². The molecular weight excluding hydrogens is 1610 g/mol. The first kappa shape index (κ1) is 84.9. The number of anilines is 3. The van der Waals surface area contributed by atoms with Gasteiger partial charge in [0.2, 0.25) is 17.7 Å². The Morgan fingerprint density at radius 2 is 0.744 bits per heavy atom. The second-order valence-corrected chi connectivity index (χ2v) is 36.6. The first-order chi connectivity index (χ1) is 58.2. The predicted molar refractivity (Wildman–Crippen MR) is 470 cm³/mol. The zero-order chi connectivity index (χ0) is 85.3. The molecule has 30 heteroatoms. The number of rotatable bonds is 12. The highest BCUT2D eigenvalue weighted by Gasteiger charge is 2.41. The van der Waals surface area contributed by atoms with Crippen molar-refractivity contribution in [1.29, 1.82) is 0 Å². The van der Waals surface area contributed by atoms with Crippen LogP contribution in [0.5, 0.6) is 0 Å². The highest BCUT2D eigenvalue weighted by atomic mass is 32.2. The molecule has 9 aliphatic heterocycles. The highest BCUT2D eigenvalue weighted by Crippen LogP contribution is 2.49. The summed E-state index contributed by atoms with van der Waals surface area (Å²) in [6, 6.07) is 17.0. The minimum absolute atomic E-state index is 0.0887. The second kappa shape index (κ2) is 35.3. The minimum Gasteiger partial charge on any atom is -0.352 e. The van der Waals surface area contributed by atoms with E-state index in [4.69, 9.17) is 0 Å². The van der Waals surface area contributed by atoms with Gasteiger partial charge in [0.15, 0.2) is 0 Å². The van der Waals surface area contributed by atoms with Gasteiger partial charge in [-0.25, -0.2) is 40.7 Å². The Labute approximate surface area is 712 Å². The van der Waals surface area contributed by atoms with Crippen LogP contribution in [0.3, 0.4) is 0 Å².